The number of hydrogen-bond donors (Lipinski definition) is 2. The minimum Gasteiger partial charge on any atom is -0.381 e. The van der Waals surface area contributed by atoms with E-state index in [4.69, 9.17) is 10.6 Å². The molecule has 1 aliphatic heterocycles. The number of rotatable bonds is 4. The van der Waals surface area contributed by atoms with Crippen LogP contribution in [0.5, 0.6) is 0 Å². The first-order chi connectivity index (χ1) is 9.40. The summed E-state index contributed by atoms with van der Waals surface area (Å²) in [6.45, 7) is 1.55. The van der Waals surface area contributed by atoms with Crippen molar-refractivity contribution in [2.45, 2.75) is 12.5 Å². The number of aromatic nitrogens is 2. The van der Waals surface area contributed by atoms with E-state index in [1.807, 2.05) is 47.3 Å². The number of nitrogens with one attached hydrogen (secondary N) is 1. The molecule has 0 bridgehead atoms. The van der Waals surface area contributed by atoms with E-state index in [-0.39, 0.29) is 6.04 Å². The van der Waals surface area contributed by atoms with Crippen molar-refractivity contribution < 1.29 is 4.74 Å². The Morgan fingerprint density at radius 3 is 2.84 bits per heavy atom. The van der Waals surface area contributed by atoms with Crippen molar-refractivity contribution in [1.29, 1.82) is 0 Å². The Labute approximate surface area is 112 Å². The van der Waals surface area contributed by atoms with E-state index in [0.29, 0.717) is 5.92 Å². The number of para-hydroxylation sites is 1. The van der Waals surface area contributed by atoms with Crippen LogP contribution in [0.3, 0.4) is 0 Å². The van der Waals surface area contributed by atoms with Crippen LogP contribution in [0, 0.1) is 5.92 Å². The molecule has 1 aromatic carbocycles. The lowest BCUT2D eigenvalue weighted by Crippen LogP contribution is -2.35. The van der Waals surface area contributed by atoms with E-state index in [9.17, 15) is 0 Å². The third kappa shape index (κ3) is 2.40. The van der Waals surface area contributed by atoms with E-state index in [0.717, 1.165) is 31.0 Å². The average Bonchev–Trinajstić information content (AvgIpc) is 3.12. The second kappa shape index (κ2) is 5.52. The Bertz CT molecular complexity index is 519. The van der Waals surface area contributed by atoms with Gasteiger partial charge in [0, 0.05) is 18.7 Å². The quantitative estimate of drug-likeness (QED) is 0.643. The van der Waals surface area contributed by atoms with Gasteiger partial charge in [-0.2, -0.15) is 5.10 Å². The molecule has 5 heteroatoms. The highest BCUT2D eigenvalue weighted by molar-refractivity contribution is 5.33. The first kappa shape index (κ1) is 12.3. The molecule has 3 N–H and O–H groups in total. The summed E-state index contributed by atoms with van der Waals surface area (Å²) in [5.41, 5.74) is 5.03. The van der Waals surface area contributed by atoms with Crippen molar-refractivity contribution in [2.24, 2.45) is 11.8 Å². The molecule has 5 nitrogen and oxygen atoms in total. The summed E-state index contributed by atoms with van der Waals surface area (Å²) in [4.78, 5) is 0. The molecule has 1 aromatic heterocycles. The van der Waals surface area contributed by atoms with Crippen molar-refractivity contribution >= 4 is 0 Å². The number of hydrazine groups is 1. The van der Waals surface area contributed by atoms with Gasteiger partial charge in [-0.1, -0.05) is 18.2 Å². The van der Waals surface area contributed by atoms with Crippen LogP contribution in [-0.2, 0) is 4.74 Å². The highest BCUT2D eigenvalue weighted by Crippen LogP contribution is 2.29. The molecular formula is C14H18N4O. The summed E-state index contributed by atoms with van der Waals surface area (Å²) >= 11 is 0. The maximum absolute atomic E-state index is 5.74. The molecule has 2 atom stereocenters. The molecule has 100 valence electrons. The Morgan fingerprint density at radius 2 is 2.16 bits per heavy atom. The molecule has 0 saturated carbocycles. The molecule has 0 spiro atoms. The maximum atomic E-state index is 5.74. The third-order valence-electron chi connectivity index (χ3n) is 3.61. The minimum absolute atomic E-state index is 0.0604. The van der Waals surface area contributed by atoms with Crippen LogP contribution >= 0.6 is 0 Å². The summed E-state index contributed by atoms with van der Waals surface area (Å²) in [7, 11) is 0. The van der Waals surface area contributed by atoms with Crippen molar-refractivity contribution in [3.63, 3.8) is 0 Å². The number of nitrogens with zero attached hydrogens (tertiary/aromatic N) is 2. The predicted molar refractivity (Wildman–Crippen MR) is 72.6 cm³/mol. The van der Waals surface area contributed by atoms with E-state index >= 15 is 0 Å². The maximum Gasteiger partial charge on any atom is 0.0684 e. The van der Waals surface area contributed by atoms with Gasteiger partial charge in [0.25, 0.3) is 0 Å². The fourth-order valence-corrected chi connectivity index (χ4v) is 2.61. The highest BCUT2D eigenvalue weighted by atomic mass is 16.5. The van der Waals surface area contributed by atoms with Gasteiger partial charge in [-0.15, -0.1) is 0 Å². The van der Waals surface area contributed by atoms with Crippen molar-refractivity contribution in [3.8, 4) is 5.69 Å². The summed E-state index contributed by atoms with van der Waals surface area (Å²) in [6, 6.07) is 12.1. The molecule has 1 aliphatic rings. The molecule has 2 unspecified atom stereocenters. The van der Waals surface area contributed by atoms with E-state index in [2.05, 4.69) is 10.5 Å². The molecule has 2 heterocycles. The lowest BCUT2D eigenvalue weighted by molar-refractivity contribution is 0.176. The van der Waals surface area contributed by atoms with Gasteiger partial charge in [0.15, 0.2) is 0 Å². The van der Waals surface area contributed by atoms with E-state index in [1.165, 1.54) is 0 Å². The van der Waals surface area contributed by atoms with Crippen LogP contribution in [0.4, 0.5) is 0 Å². The summed E-state index contributed by atoms with van der Waals surface area (Å²) in [5, 5.41) is 4.41. The molecular weight excluding hydrogens is 240 g/mol. The second-order valence-corrected chi connectivity index (χ2v) is 4.77. The SMILES string of the molecule is NNC(c1ccnn1-c1ccccc1)C1CCOC1. The van der Waals surface area contributed by atoms with Gasteiger partial charge in [0.05, 0.1) is 24.0 Å². The average molecular weight is 258 g/mol. The number of nitrogens with two attached hydrogens (primary N) is 1. The van der Waals surface area contributed by atoms with E-state index < -0.39 is 0 Å². The van der Waals surface area contributed by atoms with Gasteiger partial charge in [0.1, 0.15) is 0 Å². The Balaban J connectivity index is 1.94. The standard InChI is InChI=1S/C14H18N4O/c15-17-14(11-7-9-19-10-11)13-6-8-16-18(13)12-4-2-1-3-5-12/h1-6,8,11,14,17H,7,9-10,15H2. The summed E-state index contributed by atoms with van der Waals surface area (Å²) in [6.07, 6.45) is 2.83. The van der Waals surface area contributed by atoms with Gasteiger partial charge in [-0.3, -0.25) is 11.3 Å². The third-order valence-corrected chi connectivity index (χ3v) is 3.61. The Kier molecular flexibility index (Phi) is 3.59. The predicted octanol–water partition coefficient (Wildman–Crippen LogP) is 1.41. The summed E-state index contributed by atoms with van der Waals surface area (Å²) in [5.74, 6) is 6.14. The number of hydrogen-bond acceptors (Lipinski definition) is 4. The summed E-state index contributed by atoms with van der Waals surface area (Å²) < 4.78 is 7.39. The second-order valence-electron chi connectivity index (χ2n) is 4.77. The van der Waals surface area contributed by atoms with Crippen LogP contribution in [-0.4, -0.2) is 23.0 Å². The fourth-order valence-electron chi connectivity index (χ4n) is 2.61. The van der Waals surface area contributed by atoms with Crippen molar-refractivity contribution in [1.82, 2.24) is 15.2 Å². The molecule has 1 saturated heterocycles. The zero-order valence-electron chi connectivity index (χ0n) is 10.7. The van der Waals surface area contributed by atoms with Crippen molar-refractivity contribution in [2.75, 3.05) is 13.2 Å². The van der Waals surface area contributed by atoms with Crippen molar-refractivity contribution in [3.05, 3.63) is 48.3 Å². The van der Waals surface area contributed by atoms with Crippen LogP contribution in [0.25, 0.3) is 5.69 Å². The van der Waals surface area contributed by atoms with Gasteiger partial charge in [0.2, 0.25) is 0 Å². The first-order valence-electron chi connectivity index (χ1n) is 6.53. The normalized spacial score (nSPS) is 20.6. The minimum atomic E-state index is 0.0604. The molecule has 0 radical (unpaired) electrons. The smallest absolute Gasteiger partial charge is 0.0684 e. The van der Waals surface area contributed by atoms with Gasteiger partial charge in [-0.05, 0) is 24.6 Å². The number of ether oxygens (including phenoxy) is 1. The first-order valence-corrected chi connectivity index (χ1v) is 6.53. The Morgan fingerprint density at radius 1 is 1.32 bits per heavy atom. The molecule has 3 rings (SSSR count). The van der Waals surface area contributed by atoms with Crippen LogP contribution < -0.4 is 11.3 Å². The highest BCUT2D eigenvalue weighted by Gasteiger charge is 2.28. The molecule has 19 heavy (non-hydrogen) atoms. The molecule has 1 fully saturated rings. The van der Waals surface area contributed by atoms with Gasteiger partial charge < -0.3 is 4.74 Å². The number of benzene rings is 1. The largest absolute Gasteiger partial charge is 0.381 e. The van der Waals surface area contributed by atoms with Crippen LogP contribution in [0.2, 0.25) is 0 Å². The van der Waals surface area contributed by atoms with Crippen LogP contribution in [0.15, 0.2) is 42.6 Å². The lowest BCUT2D eigenvalue weighted by atomic mass is 9.96. The fraction of sp³-hybridized carbons (Fsp3) is 0.357. The molecule has 0 aliphatic carbocycles. The topological polar surface area (TPSA) is 65.1 Å². The zero-order chi connectivity index (χ0) is 13.1. The zero-order valence-corrected chi connectivity index (χ0v) is 10.7. The van der Waals surface area contributed by atoms with E-state index in [1.54, 1.807) is 0 Å². The monoisotopic (exact) mass is 258 g/mol. The van der Waals surface area contributed by atoms with Gasteiger partial charge in [-0.25, -0.2) is 4.68 Å². The Hall–Kier alpha value is -1.69. The van der Waals surface area contributed by atoms with Crippen LogP contribution in [0.1, 0.15) is 18.2 Å². The molecule has 2 aromatic rings. The lowest BCUT2D eigenvalue weighted by Gasteiger charge is -2.22. The molecule has 0 amide bonds. The van der Waals surface area contributed by atoms with Gasteiger partial charge >= 0.3 is 0 Å².